The Morgan fingerprint density at radius 3 is 2.85 bits per heavy atom. The van der Waals surface area contributed by atoms with Crippen molar-refractivity contribution in [2.75, 3.05) is 0 Å². The first-order chi connectivity index (χ1) is 9.58. The van der Waals surface area contributed by atoms with Crippen LogP contribution >= 0.6 is 0 Å². The minimum absolute atomic E-state index is 0.0682. The van der Waals surface area contributed by atoms with Crippen molar-refractivity contribution in [2.45, 2.75) is 0 Å². The number of carbonyl (C=O) groups is 1. The van der Waals surface area contributed by atoms with Crippen LogP contribution in [0.3, 0.4) is 0 Å². The molecule has 0 amide bonds. The van der Waals surface area contributed by atoms with Gasteiger partial charge in [-0.1, -0.05) is 0 Å². The zero-order valence-corrected chi connectivity index (χ0v) is 9.92. The van der Waals surface area contributed by atoms with Crippen molar-refractivity contribution in [3.8, 4) is 11.3 Å². The number of nitrogens with zero attached hydrogens (tertiary/aromatic N) is 3. The second-order valence-electron chi connectivity index (χ2n) is 4.04. The Hall–Kier alpha value is -2.83. The van der Waals surface area contributed by atoms with Gasteiger partial charge in [-0.05, 0) is 24.3 Å². The molecule has 100 valence electrons. The highest BCUT2D eigenvalue weighted by Crippen LogP contribution is 2.28. The molecule has 0 bridgehead atoms. The summed E-state index contributed by atoms with van der Waals surface area (Å²) < 4.78 is 28.3. The third-order valence-electron chi connectivity index (χ3n) is 2.79. The largest absolute Gasteiger partial charge is 0.477 e. The van der Waals surface area contributed by atoms with Crippen LogP contribution < -0.4 is 0 Å². The smallest absolute Gasteiger partial charge is 0.341 e. The Bertz CT molecular complexity index is 830. The maximum atomic E-state index is 13.8. The third kappa shape index (κ3) is 1.80. The highest BCUT2D eigenvalue weighted by molar-refractivity contribution is 6.01. The van der Waals surface area contributed by atoms with E-state index in [0.29, 0.717) is 0 Å². The van der Waals surface area contributed by atoms with Gasteiger partial charge in [0.1, 0.15) is 22.9 Å². The molecular formula is C13H7F2N3O2. The summed E-state index contributed by atoms with van der Waals surface area (Å²) in [6.07, 6.45) is 2.88. The zero-order valence-electron chi connectivity index (χ0n) is 9.92. The van der Waals surface area contributed by atoms with E-state index in [4.69, 9.17) is 0 Å². The first kappa shape index (κ1) is 12.2. The quantitative estimate of drug-likeness (QED) is 0.779. The average molecular weight is 275 g/mol. The van der Waals surface area contributed by atoms with Crippen molar-refractivity contribution in [2.24, 2.45) is 0 Å². The fourth-order valence-corrected chi connectivity index (χ4v) is 1.95. The maximum absolute atomic E-state index is 13.8. The normalized spacial score (nSPS) is 10.9. The van der Waals surface area contributed by atoms with E-state index >= 15 is 0 Å². The number of hydrogen-bond acceptors (Lipinski definition) is 3. The summed E-state index contributed by atoms with van der Waals surface area (Å²) >= 11 is 0. The third-order valence-corrected chi connectivity index (χ3v) is 2.79. The molecule has 3 aromatic rings. The number of carboxylic acids is 1. The molecule has 20 heavy (non-hydrogen) atoms. The van der Waals surface area contributed by atoms with Gasteiger partial charge in [-0.15, -0.1) is 0 Å². The molecule has 0 saturated carbocycles. The van der Waals surface area contributed by atoms with E-state index in [1.54, 1.807) is 6.07 Å². The number of carboxylic acid groups (broad SMARTS) is 1. The molecule has 5 nitrogen and oxygen atoms in total. The Balaban J connectivity index is 2.38. The van der Waals surface area contributed by atoms with Gasteiger partial charge in [-0.3, -0.25) is 0 Å². The highest BCUT2D eigenvalue weighted by Gasteiger charge is 2.23. The first-order valence-corrected chi connectivity index (χ1v) is 5.60. The van der Waals surface area contributed by atoms with Crippen molar-refractivity contribution >= 4 is 11.6 Å². The van der Waals surface area contributed by atoms with Crippen molar-refractivity contribution in [1.29, 1.82) is 0 Å². The van der Waals surface area contributed by atoms with E-state index in [-0.39, 0.29) is 22.5 Å². The van der Waals surface area contributed by atoms with Crippen LogP contribution in [-0.2, 0) is 0 Å². The molecule has 0 atom stereocenters. The van der Waals surface area contributed by atoms with Crippen molar-refractivity contribution in [3.05, 3.63) is 53.9 Å². The summed E-state index contributed by atoms with van der Waals surface area (Å²) in [7, 11) is 0. The van der Waals surface area contributed by atoms with Crippen LogP contribution in [-0.4, -0.2) is 25.7 Å². The predicted molar refractivity (Wildman–Crippen MR) is 65.3 cm³/mol. The van der Waals surface area contributed by atoms with Gasteiger partial charge in [0.15, 0.2) is 5.65 Å². The van der Waals surface area contributed by atoms with Gasteiger partial charge in [0.2, 0.25) is 0 Å². The molecule has 1 aromatic carbocycles. The predicted octanol–water partition coefficient (Wildman–Crippen LogP) is 2.37. The number of aromatic carboxylic acids is 1. The van der Waals surface area contributed by atoms with Crippen molar-refractivity contribution in [3.63, 3.8) is 0 Å². The van der Waals surface area contributed by atoms with Crippen LogP contribution in [0.1, 0.15) is 10.4 Å². The summed E-state index contributed by atoms with van der Waals surface area (Å²) in [5.74, 6) is -2.74. The van der Waals surface area contributed by atoms with Crippen LogP contribution in [0.5, 0.6) is 0 Å². The van der Waals surface area contributed by atoms with Crippen molar-refractivity contribution in [1.82, 2.24) is 14.6 Å². The number of halogens is 2. The first-order valence-electron chi connectivity index (χ1n) is 5.60. The highest BCUT2D eigenvalue weighted by atomic mass is 19.1. The van der Waals surface area contributed by atoms with Crippen LogP contribution in [0.25, 0.3) is 16.9 Å². The van der Waals surface area contributed by atoms with Crippen LogP contribution in [0, 0.1) is 11.6 Å². The fourth-order valence-electron chi connectivity index (χ4n) is 1.95. The topological polar surface area (TPSA) is 67.5 Å². The van der Waals surface area contributed by atoms with Gasteiger partial charge in [-0.25, -0.2) is 23.1 Å². The second-order valence-corrected chi connectivity index (χ2v) is 4.04. The molecule has 0 saturated heterocycles. The lowest BCUT2D eigenvalue weighted by molar-refractivity contribution is 0.0699. The van der Waals surface area contributed by atoms with Gasteiger partial charge in [-0.2, -0.15) is 5.10 Å². The van der Waals surface area contributed by atoms with Gasteiger partial charge in [0, 0.05) is 18.0 Å². The zero-order chi connectivity index (χ0) is 14.3. The lowest BCUT2D eigenvalue weighted by atomic mass is 10.1. The Morgan fingerprint density at radius 1 is 1.30 bits per heavy atom. The molecule has 0 aliphatic rings. The second kappa shape index (κ2) is 4.37. The average Bonchev–Trinajstić information content (AvgIpc) is 2.80. The number of hydrogen-bond donors (Lipinski definition) is 1. The van der Waals surface area contributed by atoms with E-state index in [0.717, 1.165) is 18.2 Å². The van der Waals surface area contributed by atoms with E-state index in [9.17, 15) is 18.7 Å². The number of fused-ring (bicyclic) bond motifs is 1. The Labute approximate surface area is 111 Å². The summed E-state index contributed by atoms with van der Waals surface area (Å²) in [6, 6.07) is 4.34. The van der Waals surface area contributed by atoms with E-state index in [2.05, 4.69) is 10.1 Å². The molecule has 2 aromatic heterocycles. The molecule has 0 radical (unpaired) electrons. The molecule has 0 unspecified atom stereocenters. The molecule has 1 N–H and O–H groups in total. The van der Waals surface area contributed by atoms with Crippen LogP contribution in [0.15, 0.2) is 36.7 Å². The molecule has 0 fully saturated rings. The van der Waals surface area contributed by atoms with Gasteiger partial charge < -0.3 is 5.11 Å². The SMILES string of the molecule is O=C(O)c1c(-c2cc(F)ccc2F)nn2cccnc12. The lowest BCUT2D eigenvalue weighted by Gasteiger charge is -2.01. The number of rotatable bonds is 2. The van der Waals surface area contributed by atoms with E-state index in [1.807, 2.05) is 0 Å². The van der Waals surface area contributed by atoms with Gasteiger partial charge in [0.25, 0.3) is 0 Å². The van der Waals surface area contributed by atoms with Gasteiger partial charge in [0.05, 0.1) is 0 Å². The summed E-state index contributed by atoms with van der Waals surface area (Å²) in [6.45, 7) is 0. The van der Waals surface area contributed by atoms with E-state index in [1.165, 1.54) is 16.9 Å². The monoisotopic (exact) mass is 275 g/mol. The minimum Gasteiger partial charge on any atom is -0.477 e. The van der Waals surface area contributed by atoms with Crippen molar-refractivity contribution < 1.29 is 18.7 Å². The summed E-state index contributed by atoms with van der Waals surface area (Å²) in [4.78, 5) is 15.3. The Morgan fingerprint density at radius 2 is 2.10 bits per heavy atom. The van der Waals surface area contributed by atoms with Gasteiger partial charge >= 0.3 is 5.97 Å². The molecule has 0 aliphatic heterocycles. The fraction of sp³-hybridized carbons (Fsp3) is 0. The molecule has 3 rings (SSSR count). The Kier molecular flexibility index (Phi) is 2.67. The summed E-state index contributed by atoms with van der Waals surface area (Å²) in [5.41, 5.74) is -0.574. The maximum Gasteiger partial charge on any atom is 0.341 e. The standard InChI is InChI=1S/C13H7F2N3O2/c14-7-2-3-9(15)8(6-7)11-10(13(19)20)12-16-4-1-5-18(12)17-11/h1-6H,(H,19,20). The lowest BCUT2D eigenvalue weighted by Crippen LogP contribution is -2.00. The van der Waals surface area contributed by atoms with Crippen LogP contribution in [0.4, 0.5) is 8.78 Å². The molecule has 7 heteroatoms. The van der Waals surface area contributed by atoms with Crippen LogP contribution in [0.2, 0.25) is 0 Å². The number of aromatic nitrogens is 3. The molecule has 0 aliphatic carbocycles. The van der Waals surface area contributed by atoms with E-state index < -0.39 is 17.6 Å². The molecule has 0 spiro atoms. The minimum atomic E-state index is -1.31. The molecule has 2 heterocycles. The number of benzene rings is 1. The summed E-state index contributed by atoms with van der Waals surface area (Å²) in [5, 5.41) is 13.2. The molecular weight excluding hydrogens is 268 g/mol.